The fraction of sp³-hybridized carbons (Fsp3) is 0.562. The summed E-state index contributed by atoms with van der Waals surface area (Å²) in [6.07, 6.45) is 7.25. The molecule has 106 valence electrons. The molecule has 0 radical (unpaired) electrons. The van der Waals surface area contributed by atoms with Crippen LogP contribution in [0.1, 0.15) is 43.2 Å². The van der Waals surface area contributed by atoms with E-state index in [4.69, 9.17) is 11.6 Å². The van der Waals surface area contributed by atoms with Crippen LogP contribution in [0.5, 0.6) is 0 Å². The highest BCUT2D eigenvalue weighted by molar-refractivity contribution is 6.31. The Labute approximate surface area is 124 Å². The Morgan fingerprint density at radius 3 is 2.55 bits per heavy atom. The zero-order chi connectivity index (χ0) is 14.0. The van der Waals surface area contributed by atoms with Gasteiger partial charge in [0.05, 0.1) is 5.54 Å². The molecule has 0 atom stereocenters. The van der Waals surface area contributed by atoms with Crippen molar-refractivity contribution in [2.24, 2.45) is 4.99 Å². The van der Waals surface area contributed by atoms with E-state index in [1.165, 1.54) is 18.4 Å². The lowest BCUT2D eigenvalue weighted by Crippen LogP contribution is -2.32. The summed E-state index contributed by atoms with van der Waals surface area (Å²) in [7, 11) is 0. The maximum Gasteiger partial charge on any atom is 0.235 e. The summed E-state index contributed by atoms with van der Waals surface area (Å²) in [6, 6.07) is 6.17. The van der Waals surface area contributed by atoms with Crippen LogP contribution in [0.25, 0.3) is 0 Å². The number of aliphatic imine (C=N–C) groups is 1. The number of rotatable bonds is 4. The molecule has 1 aromatic rings. The predicted octanol–water partition coefficient (Wildman–Crippen LogP) is 3.65. The lowest BCUT2D eigenvalue weighted by atomic mass is 9.72. The topological polar surface area (TPSA) is 32.7 Å². The van der Waals surface area contributed by atoms with Crippen LogP contribution in [0.4, 0.5) is 0 Å². The van der Waals surface area contributed by atoms with Crippen LogP contribution >= 0.6 is 11.6 Å². The first-order valence-corrected chi connectivity index (χ1v) is 7.72. The fourth-order valence-corrected chi connectivity index (χ4v) is 3.45. The number of hydrogen-bond acceptors (Lipinski definition) is 3. The van der Waals surface area contributed by atoms with E-state index < -0.39 is 0 Å². The van der Waals surface area contributed by atoms with Gasteiger partial charge >= 0.3 is 0 Å². The summed E-state index contributed by atoms with van der Waals surface area (Å²) in [5, 5.41) is 0.793. The van der Waals surface area contributed by atoms with Gasteiger partial charge in [-0.1, -0.05) is 23.7 Å². The van der Waals surface area contributed by atoms with E-state index in [-0.39, 0.29) is 5.54 Å². The van der Waals surface area contributed by atoms with Gasteiger partial charge in [-0.2, -0.15) is 4.99 Å². The van der Waals surface area contributed by atoms with Crippen LogP contribution in [-0.2, 0) is 16.9 Å². The third-order valence-corrected chi connectivity index (χ3v) is 4.98. The Morgan fingerprint density at radius 2 is 2.00 bits per heavy atom. The zero-order valence-corrected chi connectivity index (χ0v) is 12.3. The van der Waals surface area contributed by atoms with Gasteiger partial charge in [-0.15, -0.1) is 0 Å². The number of carbonyl (C=O) groups excluding carboxylic acids is 1. The number of benzene rings is 1. The second-order valence-electron chi connectivity index (χ2n) is 5.88. The average Bonchev–Trinajstić information content (AvgIpc) is 2.89. The summed E-state index contributed by atoms with van der Waals surface area (Å²) in [5.41, 5.74) is 1.88. The molecule has 0 unspecified atom stereocenters. The minimum absolute atomic E-state index is 0.350. The Morgan fingerprint density at radius 1 is 1.25 bits per heavy atom. The zero-order valence-electron chi connectivity index (χ0n) is 11.6. The highest BCUT2D eigenvalue weighted by Crippen LogP contribution is 2.45. The number of halogens is 1. The molecule has 1 aliphatic carbocycles. The van der Waals surface area contributed by atoms with Crippen LogP contribution in [0.2, 0.25) is 5.02 Å². The van der Waals surface area contributed by atoms with Gasteiger partial charge in [-0.05, 0) is 62.4 Å². The molecule has 1 saturated carbocycles. The molecule has 0 amide bonds. The van der Waals surface area contributed by atoms with Gasteiger partial charge < -0.3 is 0 Å². The maximum atomic E-state index is 10.6. The van der Waals surface area contributed by atoms with Crippen LogP contribution in [-0.4, -0.2) is 24.1 Å². The van der Waals surface area contributed by atoms with E-state index in [2.05, 4.69) is 22.0 Å². The molecule has 1 aliphatic heterocycles. The van der Waals surface area contributed by atoms with Gasteiger partial charge in [0.25, 0.3) is 0 Å². The number of nitrogens with zero attached hydrogens (tertiary/aromatic N) is 2. The molecular weight excluding hydrogens is 272 g/mol. The molecule has 0 N–H and O–H groups in total. The minimum Gasteiger partial charge on any atom is -0.299 e. The van der Waals surface area contributed by atoms with Gasteiger partial charge in [-0.25, -0.2) is 4.79 Å². The number of isocyanates is 1. The molecule has 3 nitrogen and oxygen atoms in total. The summed E-state index contributed by atoms with van der Waals surface area (Å²) >= 11 is 6.43. The van der Waals surface area contributed by atoms with Crippen molar-refractivity contribution in [1.82, 2.24) is 4.90 Å². The van der Waals surface area contributed by atoms with E-state index >= 15 is 0 Å². The largest absolute Gasteiger partial charge is 0.299 e. The van der Waals surface area contributed by atoms with Crippen molar-refractivity contribution in [2.45, 2.75) is 44.2 Å². The van der Waals surface area contributed by atoms with E-state index in [1.54, 1.807) is 6.08 Å². The first-order valence-electron chi connectivity index (χ1n) is 7.34. The molecular formula is C16H19ClN2O. The third-order valence-electron chi connectivity index (χ3n) is 4.62. The first-order chi connectivity index (χ1) is 9.73. The molecule has 0 spiro atoms. The van der Waals surface area contributed by atoms with Crippen molar-refractivity contribution in [3.63, 3.8) is 0 Å². The Balaban J connectivity index is 1.81. The lowest BCUT2D eigenvalue weighted by Gasteiger charge is -2.37. The average molecular weight is 291 g/mol. The van der Waals surface area contributed by atoms with Crippen molar-refractivity contribution in [3.8, 4) is 0 Å². The molecule has 1 saturated heterocycles. The molecule has 20 heavy (non-hydrogen) atoms. The minimum atomic E-state index is -0.350. The van der Waals surface area contributed by atoms with E-state index in [0.29, 0.717) is 0 Å². The molecule has 1 aromatic carbocycles. The van der Waals surface area contributed by atoms with E-state index in [1.807, 2.05) is 6.07 Å². The van der Waals surface area contributed by atoms with Crippen molar-refractivity contribution in [2.75, 3.05) is 13.1 Å². The molecule has 2 aliphatic rings. The molecule has 0 aromatic heterocycles. The molecule has 0 bridgehead atoms. The highest BCUT2D eigenvalue weighted by atomic mass is 35.5. The number of likely N-dealkylation sites (tertiary alicyclic amines) is 1. The van der Waals surface area contributed by atoms with Crippen LogP contribution in [0.3, 0.4) is 0 Å². The Hall–Kier alpha value is -1.15. The summed E-state index contributed by atoms with van der Waals surface area (Å²) < 4.78 is 0. The van der Waals surface area contributed by atoms with Gasteiger partial charge in [0.2, 0.25) is 6.08 Å². The lowest BCUT2D eigenvalue weighted by molar-refractivity contribution is 0.256. The third kappa shape index (κ3) is 2.54. The van der Waals surface area contributed by atoms with Gasteiger partial charge in [0.1, 0.15) is 0 Å². The van der Waals surface area contributed by atoms with Gasteiger partial charge in [-0.3, -0.25) is 4.90 Å². The standard InChI is InChI=1S/C16H19ClN2O/c17-15-10-14(16(18-12-20)6-3-7-16)5-4-13(15)11-19-8-1-2-9-19/h4-5,10H,1-3,6-9,11H2. The second kappa shape index (κ2) is 5.69. The predicted molar refractivity (Wildman–Crippen MR) is 79.6 cm³/mol. The summed E-state index contributed by atoms with van der Waals surface area (Å²) in [6.45, 7) is 3.25. The van der Waals surface area contributed by atoms with Crippen molar-refractivity contribution in [3.05, 3.63) is 34.3 Å². The molecule has 2 fully saturated rings. The second-order valence-corrected chi connectivity index (χ2v) is 6.28. The highest BCUT2D eigenvalue weighted by Gasteiger charge is 2.39. The quantitative estimate of drug-likeness (QED) is 0.626. The van der Waals surface area contributed by atoms with Crippen LogP contribution < -0.4 is 0 Å². The van der Waals surface area contributed by atoms with E-state index in [9.17, 15) is 4.79 Å². The van der Waals surface area contributed by atoms with Crippen LogP contribution in [0, 0.1) is 0 Å². The van der Waals surface area contributed by atoms with Gasteiger partial charge in [0, 0.05) is 11.6 Å². The van der Waals surface area contributed by atoms with Gasteiger partial charge in [0.15, 0.2) is 0 Å². The monoisotopic (exact) mass is 290 g/mol. The summed E-state index contributed by atoms with van der Waals surface area (Å²) in [5.74, 6) is 0. The number of hydrogen-bond donors (Lipinski definition) is 0. The Kier molecular flexibility index (Phi) is 3.93. The maximum absolute atomic E-state index is 10.6. The molecule has 3 rings (SSSR count). The van der Waals surface area contributed by atoms with Crippen LogP contribution in [0.15, 0.2) is 23.2 Å². The first kappa shape index (κ1) is 13.8. The van der Waals surface area contributed by atoms with E-state index in [0.717, 1.165) is 49.5 Å². The van der Waals surface area contributed by atoms with Crippen molar-refractivity contribution < 1.29 is 4.79 Å². The fourth-order valence-electron chi connectivity index (χ4n) is 3.21. The Bertz CT molecular complexity index is 541. The summed E-state index contributed by atoms with van der Waals surface area (Å²) in [4.78, 5) is 17.1. The molecule has 1 heterocycles. The van der Waals surface area contributed by atoms with Crippen molar-refractivity contribution in [1.29, 1.82) is 0 Å². The van der Waals surface area contributed by atoms with Crippen molar-refractivity contribution >= 4 is 17.7 Å². The molecule has 4 heteroatoms. The smallest absolute Gasteiger partial charge is 0.235 e. The normalized spacial score (nSPS) is 21.2. The SMILES string of the molecule is O=C=NC1(c2ccc(CN3CCCC3)c(Cl)c2)CCC1.